The Morgan fingerprint density at radius 3 is 2.85 bits per heavy atom. The summed E-state index contributed by atoms with van der Waals surface area (Å²) < 4.78 is 15.5. The van der Waals surface area contributed by atoms with Crippen LogP contribution in [0.15, 0.2) is 36.7 Å². The largest absolute Gasteiger partial charge is 0.314 e. The van der Waals surface area contributed by atoms with E-state index >= 15 is 0 Å². The zero-order valence-corrected chi connectivity index (χ0v) is 12.1. The molecule has 2 aromatic rings. The number of aryl methyl sites for hydroxylation is 2. The lowest BCUT2D eigenvalue weighted by Gasteiger charge is -2.14. The minimum atomic E-state index is -0.117. The summed E-state index contributed by atoms with van der Waals surface area (Å²) in [5, 5.41) is 7.68. The number of rotatable bonds is 7. The predicted molar refractivity (Wildman–Crippen MR) is 79.1 cm³/mol. The topological polar surface area (TPSA) is 29.9 Å². The third-order valence-corrected chi connectivity index (χ3v) is 3.30. The Bertz CT molecular complexity index is 536. The molecule has 0 fully saturated rings. The molecule has 1 N–H and O–H groups in total. The Morgan fingerprint density at radius 1 is 1.35 bits per heavy atom. The Kier molecular flexibility index (Phi) is 5.30. The highest BCUT2D eigenvalue weighted by atomic mass is 19.1. The smallest absolute Gasteiger partial charge is 0.126 e. The normalized spacial score (nSPS) is 12.6. The third-order valence-electron chi connectivity index (χ3n) is 3.30. The van der Waals surface area contributed by atoms with E-state index in [1.807, 2.05) is 36.1 Å². The number of benzene rings is 1. The maximum atomic E-state index is 13.5. The van der Waals surface area contributed by atoms with Crippen molar-refractivity contribution in [2.75, 3.05) is 6.54 Å². The van der Waals surface area contributed by atoms with Gasteiger partial charge in [-0.05, 0) is 50.4 Å². The van der Waals surface area contributed by atoms with E-state index in [9.17, 15) is 4.39 Å². The van der Waals surface area contributed by atoms with Gasteiger partial charge in [0.1, 0.15) is 5.82 Å². The molecule has 4 heteroatoms. The standard InChI is InChI=1S/C16H22FN3/c1-13-11-19-20(12-13)9-5-8-18-14(2)10-15-6-3-4-7-16(15)17/h3-4,6-7,11-12,14,18H,5,8-10H2,1-2H3. The molecule has 1 atom stereocenters. The first-order chi connectivity index (χ1) is 9.65. The highest BCUT2D eigenvalue weighted by Gasteiger charge is 2.06. The lowest BCUT2D eigenvalue weighted by molar-refractivity contribution is 0.488. The molecule has 0 radical (unpaired) electrons. The first-order valence-corrected chi connectivity index (χ1v) is 7.11. The van der Waals surface area contributed by atoms with Crippen molar-refractivity contribution in [3.8, 4) is 0 Å². The van der Waals surface area contributed by atoms with Crippen LogP contribution in [0.5, 0.6) is 0 Å². The average molecular weight is 275 g/mol. The molecule has 0 bridgehead atoms. The molecule has 20 heavy (non-hydrogen) atoms. The summed E-state index contributed by atoms with van der Waals surface area (Å²) in [6, 6.07) is 7.24. The van der Waals surface area contributed by atoms with Crippen molar-refractivity contribution >= 4 is 0 Å². The molecule has 1 unspecified atom stereocenters. The van der Waals surface area contributed by atoms with Crippen LogP contribution in [0, 0.1) is 12.7 Å². The van der Waals surface area contributed by atoms with Crippen LogP contribution in [0.2, 0.25) is 0 Å². The third kappa shape index (κ3) is 4.46. The van der Waals surface area contributed by atoms with Gasteiger partial charge < -0.3 is 5.32 Å². The minimum absolute atomic E-state index is 0.117. The van der Waals surface area contributed by atoms with Crippen molar-refractivity contribution in [1.82, 2.24) is 15.1 Å². The zero-order chi connectivity index (χ0) is 14.4. The van der Waals surface area contributed by atoms with Gasteiger partial charge in [-0.3, -0.25) is 4.68 Å². The number of aromatic nitrogens is 2. The van der Waals surface area contributed by atoms with Crippen molar-refractivity contribution in [3.63, 3.8) is 0 Å². The van der Waals surface area contributed by atoms with E-state index in [4.69, 9.17) is 0 Å². The number of halogens is 1. The van der Waals surface area contributed by atoms with Gasteiger partial charge in [0.25, 0.3) is 0 Å². The van der Waals surface area contributed by atoms with Crippen molar-refractivity contribution < 1.29 is 4.39 Å². The first-order valence-electron chi connectivity index (χ1n) is 7.11. The average Bonchev–Trinajstić information content (AvgIpc) is 2.83. The van der Waals surface area contributed by atoms with Crippen LogP contribution < -0.4 is 5.32 Å². The second-order valence-electron chi connectivity index (χ2n) is 5.29. The van der Waals surface area contributed by atoms with E-state index < -0.39 is 0 Å². The maximum Gasteiger partial charge on any atom is 0.126 e. The quantitative estimate of drug-likeness (QED) is 0.787. The van der Waals surface area contributed by atoms with Crippen LogP contribution in [0.25, 0.3) is 0 Å². The summed E-state index contributed by atoms with van der Waals surface area (Å²) in [5.41, 5.74) is 1.96. The second kappa shape index (κ2) is 7.20. The molecule has 0 amide bonds. The van der Waals surface area contributed by atoms with Gasteiger partial charge in [0, 0.05) is 18.8 Å². The van der Waals surface area contributed by atoms with Gasteiger partial charge in [-0.25, -0.2) is 4.39 Å². The van der Waals surface area contributed by atoms with Crippen LogP contribution in [0.3, 0.4) is 0 Å². The molecule has 108 valence electrons. The van der Waals surface area contributed by atoms with E-state index in [0.29, 0.717) is 6.42 Å². The fourth-order valence-electron chi connectivity index (χ4n) is 2.24. The summed E-state index contributed by atoms with van der Waals surface area (Å²) in [6.07, 6.45) is 5.65. The Morgan fingerprint density at radius 2 is 2.15 bits per heavy atom. The molecule has 1 aromatic carbocycles. The fourth-order valence-corrected chi connectivity index (χ4v) is 2.24. The Labute approximate surface area is 119 Å². The summed E-state index contributed by atoms with van der Waals surface area (Å²) >= 11 is 0. The molecule has 2 rings (SSSR count). The predicted octanol–water partition coefficient (Wildman–Crippen LogP) is 2.94. The van der Waals surface area contributed by atoms with E-state index in [1.165, 1.54) is 11.6 Å². The van der Waals surface area contributed by atoms with Crippen LogP contribution in [0.1, 0.15) is 24.5 Å². The molecule has 0 aliphatic heterocycles. The van der Waals surface area contributed by atoms with Crippen LogP contribution >= 0.6 is 0 Å². The second-order valence-corrected chi connectivity index (χ2v) is 5.29. The number of hydrogen-bond donors (Lipinski definition) is 1. The maximum absolute atomic E-state index is 13.5. The highest BCUT2D eigenvalue weighted by molar-refractivity contribution is 5.18. The van der Waals surface area contributed by atoms with E-state index in [2.05, 4.69) is 17.3 Å². The molecule has 0 aliphatic rings. The Balaban J connectivity index is 1.68. The van der Waals surface area contributed by atoms with Gasteiger partial charge in [0.05, 0.1) is 6.20 Å². The van der Waals surface area contributed by atoms with Gasteiger partial charge in [-0.1, -0.05) is 18.2 Å². The lowest BCUT2D eigenvalue weighted by Crippen LogP contribution is -2.29. The number of hydrogen-bond acceptors (Lipinski definition) is 2. The molecule has 0 spiro atoms. The molecule has 1 aromatic heterocycles. The number of nitrogens with one attached hydrogen (secondary N) is 1. The van der Waals surface area contributed by atoms with E-state index in [0.717, 1.165) is 25.1 Å². The molecule has 0 saturated carbocycles. The summed E-state index contributed by atoms with van der Waals surface area (Å²) in [5.74, 6) is -0.117. The molecule has 1 heterocycles. The lowest BCUT2D eigenvalue weighted by atomic mass is 10.1. The molecule has 3 nitrogen and oxygen atoms in total. The van der Waals surface area contributed by atoms with Crippen LogP contribution in [-0.2, 0) is 13.0 Å². The van der Waals surface area contributed by atoms with Gasteiger partial charge in [0.15, 0.2) is 0 Å². The summed E-state index contributed by atoms with van der Waals surface area (Å²) in [6.45, 7) is 5.95. The Hall–Kier alpha value is -1.68. The van der Waals surface area contributed by atoms with E-state index in [-0.39, 0.29) is 11.9 Å². The molecular weight excluding hydrogens is 253 g/mol. The summed E-state index contributed by atoms with van der Waals surface area (Å²) in [4.78, 5) is 0. The monoisotopic (exact) mass is 275 g/mol. The summed E-state index contributed by atoms with van der Waals surface area (Å²) in [7, 11) is 0. The van der Waals surface area contributed by atoms with E-state index in [1.54, 1.807) is 6.07 Å². The van der Waals surface area contributed by atoms with Gasteiger partial charge in [0.2, 0.25) is 0 Å². The van der Waals surface area contributed by atoms with Gasteiger partial charge in [-0.15, -0.1) is 0 Å². The molecular formula is C16H22FN3. The van der Waals surface area contributed by atoms with Crippen LogP contribution in [0.4, 0.5) is 4.39 Å². The highest BCUT2D eigenvalue weighted by Crippen LogP contribution is 2.08. The van der Waals surface area contributed by atoms with Gasteiger partial charge in [-0.2, -0.15) is 5.10 Å². The molecule has 0 aliphatic carbocycles. The number of nitrogens with zero attached hydrogens (tertiary/aromatic N) is 2. The first kappa shape index (κ1) is 14.7. The van der Waals surface area contributed by atoms with Crippen molar-refractivity contribution in [2.45, 2.75) is 39.3 Å². The molecule has 0 saturated heterocycles. The minimum Gasteiger partial charge on any atom is -0.314 e. The van der Waals surface area contributed by atoms with Crippen molar-refractivity contribution in [3.05, 3.63) is 53.6 Å². The SMILES string of the molecule is Cc1cnn(CCCNC(C)Cc2ccccc2F)c1. The van der Waals surface area contributed by atoms with Crippen LogP contribution in [-0.4, -0.2) is 22.4 Å². The van der Waals surface area contributed by atoms with Gasteiger partial charge >= 0.3 is 0 Å². The van der Waals surface area contributed by atoms with Crippen molar-refractivity contribution in [1.29, 1.82) is 0 Å². The fraction of sp³-hybridized carbons (Fsp3) is 0.438. The zero-order valence-electron chi connectivity index (χ0n) is 12.1. The van der Waals surface area contributed by atoms with Crippen molar-refractivity contribution in [2.24, 2.45) is 0 Å².